The molecule has 90 valence electrons. The van der Waals surface area contributed by atoms with Gasteiger partial charge < -0.3 is 4.74 Å². The minimum atomic E-state index is 0.191. The van der Waals surface area contributed by atoms with Crippen LogP contribution in [-0.4, -0.2) is 19.7 Å². The minimum Gasteiger partial charge on any atom is -0.435 e. The molecule has 2 rings (SSSR count). The summed E-state index contributed by atoms with van der Waals surface area (Å²) in [6, 6.07) is 0. The van der Waals surface area contributed by atoms with E-state index in [-0.39, 0.29) is 5.88 Å². The summed E-state index contributed by atoms with van der Waals surface area (Å²) in [7, 11) is 0. The molecule has 0 fully saturated rings. The molecular formula is C10H10Cl2N4O. The second kappa shape index (κ2) is 5.33. The van der Waals surface area contributed by atoms with Crippen molar-refractivity contribution in [2.75, 3.05) is 0 Å². The van der Waals surface area contributed by atoms with Gasteiger partial charge in [0.1, 0.15) is 11.5 Å². The quantitative estimate of drug-likeness (QED) is 0.635. The lowest BCUT2D eigenvalue weighted by molar-refractivity contribution is 0.455. The van der Waals surface area contributed by atoms with Crippen LogP contribution in [0.1, 0.15) is 12.5 Å². The first-order chi connectivity index (χ1) is 8.24. The van der Waals surface area contributed by atoms with Crippen molar-refractivity contribution in [1.29, 1.82) is 0 Å². The lowest BCUT2D eigenvalue weighted by atomic mass is 10.4. The van der Waals surface area contributed by atoms with Crippen LogP contribution in [0.2, 0.25) is 5.15 Å². The van der Waals surface area contributed by atoms with Crippen LogP contribution in [0.3, 0.4) is 0 Å². The summed E-state index contributed by atoms with van der Waals surface area (Å²) >= 11 is 11.7. The first-order valence-corrected chi connectivity index (χ1v) is 5.91. The molecule has 5 nitrogen and oxygen atoms in total. The van der Waals surface area contributed by atoms with Gasteiger partial charge in [0.25, 0.3) is 0 Å². The summed E-state index contributed by atoms with van der Waals surface area (Å²) in [6.45, 7) is 2.76. The third-order valence-electron chi connectivity index (χ3n) is 2.13. The van der Waals surface area contributed by atoms with Gasteiger partial charge in [-0.15, -0.1) is 11.6 Å². The van der Waals surface area contributed by atoms with Gasteiger partial charge in [0, 0.05) is 6.54 Å². The first-order valence-electron chi connectivity index (χ1n) is 5.00. The first kappa shape index (κ1) is 12.1. The van der Waals surface area contributed by atoms with Crippen LogP contribution in [0.4, 0.5) is 0 Å². The van der Waals surface area contributed by atoms with Gasteiger partial charge in [0.2, 0.25) is 5.88 Å². The van der Waals surface area contributed by atoms with E-state index in [4.69, 9.17) is 27.9 Å². The Hall–Kier alpha value is -1.33. The fraction of sp³-hybridized carbons (Fsp3) is 0.300. The molecule has 17 heavy (non-hydrogen) atoms. The van der Waals surface area contributed by atoms with E-state index >= 15 is 0 Å². The molecular weight excluding hydrogens is 263 g/mol. The third-order valence-corrected chi connectivity index (χ3v) is 2.73. The zero-order chi connectivity index (χ0) is 12.3. The number of aryl methyl sites for hydroxylation is 1. The number of nitrogens with zero attached hydrogens (tertiary/aromatic N) is 4. The highest BCUT2D eigenvalue weighted by molar-refractivity contribution is 6.31. The van der Waals surface area contributed by atoms with E-state index in [1.807, 2.05) is 6.92 Å². The number of hydrogen-bond donors (Lipinski definition) is 0. The molecule has 0 saturated heterocycles. The fourth-order valence-electron chi connectivity index (χ4n) is 1.26. The summed E-state index contributed by atoms with van der Waals surface area (Å²) < 4.78 is 7.31. The Balaban J connectivity index is 2.26. The molecule has 0 aromatic carbocycles. The van der Waals surface area contributed by atoms with Crippen molar-refractivity contribution in [2.24, 2.45) is 0 Å². The van der Waals surface area contributed by atoms with E-state index in [1.165, 1.54) is 6.33 Å². The summed E-state index contributed by atoms with van der Waals surface area (Å²) in [5.74, 6) is 1.14. The van der Waals surface area contributed by atoms with Crippen molar-refractivity contribution in [2.45, 2.75) is 19.3 Å². The van der Waals surface area contributed by atoms with E-state index in [9.17, 15) is 0 Å². The number of ether oxygens (including phenoxy) is 1. The van der Waals surface area contributed by atoms with Gasteiger partial charge in [-0.1, -0.05) is 11.6 Å². The standard InChI is InChI=1S/C10H10Cl2N4O/c1-2-16-5-7(4-15-16)17-10-8(3-11)9(12)13-6-14-10/h4-6H,2-3H2,1H3. The Bertz CT molecular complexity index is 515. The van der Waals surface area contributed by atoms with Crippen molar-refractivity contribution in [3.63, 3.8) is 0 Å². The summed E-state index contributed by atoms with van der Waals surface area (Å²) in [4.78, 5) is 7.84. The van der Waals surface area contributed by atoms with Crippen LogP contribution in [0, 0.1) is 0 Å². The van der Waals surface area contributed by atoms with Gasteiger partial charge >= 0.3 is 0 Å². The van der Waals surface area contributed by atoms with Crippen LogP contribution in [0.25, 0.3) is 0 Å². The van der Waals surface area contributed by atoms with Gasteiger partial charge in [-0.3, -0.25) is 4.68 Å². The molecule has 0 saturated carbocycles. The number of halogens is 2. The predicted molar refractivity (Wildman–Crippen MR) is 64.6 cm³/mol. The molecule has 0 N–H and O–H groups in total. The molecule has 0 amide bonds. The van der Waals surface area contributed by atoms with E-state index in [0.29, 0.717) is 22.3 Å². The van der Waals surface area contributed by atoms with Gasteiger partial charge in [0.15, 0.2) is 5.75 Å². The highest BCUT2D eigenvalue weighted by atomic mass is 35.5. The third kappa shape index (κ3) is 2.68. The van der Waals surface area contributed by atoms with Crippen LogP contribution < -0.4 is 4.74 Å². The molecule has 0 atom stereocenters. The molecule has 7 heteroatoms. The van der Waals surface area contributed by atoms with Gasteiger partial charge in [-0.2, -0.15) is 5.10 Å². The number of aromatic nitrogens is 4. The summed E-state index contributed by atoms with van der Waals surface area (Å²) in [6.07, 6.45) is 4.71. The van der Waals surface area contributed by atoms with Gasteiger partial charge in [0.05, 0.1) is 23.8 Å². The zero-order valence-electron chi connectivity index (χ0n) is 9.10. The average Bonchev–Trinajstić information content (AvgIpc) is 2.77. The van der Waals surface area contributed by atoms with Crippen molar-refractivity contribution in [3.05, 3.63) is 29.4 Å². The Morgan fingerprint density at radius 3 is 2.88 bits per heavy atom. The number of hydrogen-bond acceptors (Lipinski definition) is 4. The lowest BCUT2D eigenvalue weighted by Crippen LogP contribution is -1.95. The average molecular weight is 273 g/mol. The highest BCUT2D eigenvalue weighted by Gasteiger charge is 2.11. The molecule has 2 heterocycles. The monoisotopic (exact) mass is 272 g/mol. The van der Waals surface area contributed by atoms with Gasteiger partial charge in [-0.25, -0.2) is 9.97 Å². The van der Waals surface area contributed by atoms with Crippen LogP contribution in [0.15, 0.2) is 18.7 Å². The van der Waals surface area contributed by atoms with E-state index in [1.54, 1.807) is 17.1 Å². The van der Waals surface area contributed by atoms with Gasteiger partial charge in [-0.05, 0) is 6.92 Å². The largest absolute Gasteiger partial charge is 0.435 e. The SMILES string of the molecule is CCn1cc(Oc2ncnc(Cl)c2CCl)cn1. The smallest absolute Gasteiger partial charge is 0.228 e. The second-order valence-electron chi connectivity index (χ2n) is 3.22. The second-order valence-corrected chi connectivity index (χ2v) is 3.84. The Morgan fingerprint density at radius 1 is 1.41 bits per heavy atom. The highest BCUT2D eigenvalue weighted by Crippen LogP contribution is 2.27. The van der Waals surface area contributed by atoms with Crippen LogP contribution in [-0.2, 0) is 12.4 Å². The molecule has 0 radical (unpaired) electrons. The van der Waals surface area contributed by atoms with Crippen molar-refractivity contribution in [3.8, 4) is 11.6 Å². The lowest BCUT2D eigenvalue weighted by Gasteiger charge is -2.06. The van der Waals surface area contributed by atoms with E-state index in [2.05, 4.69) is 15.1 Å². The summed E-state index contributed by atoms with van der Waals surface area (Å²) in [5.41, 5.74) is 0.570. The van der Waals surface area contributed by atoms with Crippen LogP contribution in [0.5, 0.6) is 11.6 Å². The summed E-state index contributed by atoms with van der Waals surface area (Å²) in [5, 5.41) is 4.39. The normalized spacial score (nSPS) is 10.5. The number of rotatable bonds is 4. The Labute approximate surface area is 108 Å². The molecule has 0 spiro atoms. The van der Waals surface area contributed by atoms with Crippen molar-refractivity contribution in [1.82, 2.24) is 19.7 Å². The predicted octanol–water partition coefficient (Wildman–Crippen LogP) is 2.88. The van der Waals surface area contributed by atoms with Crippen molar-refractivity contribution >= 4 is 23.2 Å². The Morgan fingerprint density at radius 2 is 2.24 bits per heavy atom. The molecule has 0 bridgehead atoms. The molecule has 0 aliphatic carbocycles. The molecule has 0 aliphatic rings. The molecule has 2 aromatic rings. The van der Waals surface area contributed by atoms with E-state index in [0.717, 1.165) is 6.54 Å². The molecule has 2 aromatic heterocycles. The van der Waals surface area contributed by atoms with Crippen LogP contribution >= 0.6 is 23.2 Å². The maximum Gasteiger partial charge on any atom is 0.228 e. The Kier molecular flexibility index (Phi) is 3.81. The number of alkyl halides is 1. The van der Waals surface area contributed by atoms with E-state index < -0.39 is 0 Å². The fourth-order valence-corrected chi connectivity index (χ4v) is 1.76. The maximum atomic E-state index is 5.89. The molecule has 0 aliphatic heterocycles. The zero-order valence-corrected chi connectivity index (χ0v) is 10.6. The molecule has 0 unspecified atom stereocenters. The topological polar surface area (TPSA) is 52.8 Å². The maximum absolute atomic E-state index is 5.89. The van der Waals surface area contributed by atoms with Crippen molar-refractivity contribution < 1.29 is 4.74 Å². The minimum absolute atomic E-state index is 0.191.